The van der Waals surface area contributed by atoms with E-state index in [9.17, 15) is 0 Å². The third-order valence-electron chi connectivity index (χ3n) is 4.62. The highest BCUT2D eigenvalue weighted by atomic mass is 32.1. The monoisotopic (exact) mass is 305 g/mol. The molecule has 0 spiro atoms. The maximum absolute atomic E-state index is 8.81. The van der Waals surface area contributed by atoms with E-state index in [-0.39, 0.29) is 6.61 Å². The second kappa shape index (κ2) is 8.58. The molecule has 0 atom stereocenters. The van der Waals surface area contributed by atoms with Crippen molar-refractivity contribution in [3.63, 3.8) is 0 Å². The zero-order chi connectivity index (χ0) is 15.1. The summed E-state index contributed by atoms with van der Waals surface area (Å²) in [7, 11) is 2.25. The first-order chi connectivity index (χ1) is 10.2. The predicted molar refractivity (Wildman–Crippen MR) is 90.4 cm³/mol. The molecular weight excluding hydrogens is 278 g/mol. The van der Waals surface area contributed by atoms with Gasteiger partial charge in [0.05, 0.1) is 6.61 Å². The number of hydrogen-bond donors (Lipinski definition) is 1. The lowest BCUT2D eigenvalue weighted by atomic mass is 9.84. The normalized spacial score (nSPS) is 22.1. The summed E-state index contributed by atoms with van der Waals surface area (Å²) in [4.78, 5) is 3.87. The molecule has 1 heterocycles. The Morgan fingerprint density at radius 3 is 2.76 bits per heavy atom. The molecule has 1 aliphatic rings. The minimum atomic E-state index is 0.146. The van der Waals surface area contributed by atoms with Crippen molar-refractivity contribution >= 4 is 11.3 Å². The second-order valence-electron chi connectivity index (χ2n) is 6.03. The van der Waals surface area contributed by atoms with Gasteiger partial charge in [0.2, 0.25) is 0 Å². The number of thiophene rings is 1. The van der Waals surface area contributed by atoms with Crippen LogP contribution < -0.4 is 0 Å². The van der Waals surface area contributed by atoms with E-state index >= 15 is 0 Å². The highest BCUT2D eigenvalue weighted by Gasteiger charge is 2.23. The number of nitrogens with zero attached hydrogens (tertiary/aromatic N) is 1. The van der Waals surface area contributed by atoms with E-state index in [0.29, 0.717) is 6.42 Å². The molecule has 0 aromatic carbocycles. The van der Waals surface area contributed by atoms with Crippen molar-refractivity contribution in [1.82, 2.24) is 4.90 Å². The average molecular weight is 305 g/mol. The lowest BCUT2D eigenvalue weighted by molar-refractivity contribution is 0.158. The van der Waals surface area contributed by atoms with Crippen molar-refractivity contribution in [2.24, 2.45) is 5.92 Å². The topological polar surface area (TPSA) is 23.5 Å². The summed E-state index contributed by atoms with van der Waals surface area (Å²) in [5.74, 6) is 7.18. The maximum Gasteiger partial charge on any atom is 0.0540 e. The Bertz CT molecular complexity index is 477. The van der Waals surface area contributed by atoms with Crippen LogP contribution in [0.3, 0.4) is 0 Å². The number of aliphatic hydroxyl groups excluding tert-OH is 1. The molecule has 0 aliphatic heterocycles. The van der Waals surface area contributed by atoms with E-state index in [1.807, 2.05) is 0 Å². The molecule has 1 aliphatic carbocycles. The van der Waals surface area contributed by atoms with Crippen LogP contribution in [0.1, 0.15) is 55.9 Å². The summed E-state index contributed by atoms with van der Waals surface area (Å²) in [6.45, 7) is 3.47. The van der Waals surface area contributed by atoms with Gasteiger partial charge >= 0.3 is 0 Å². The Hall–Kier alpha value is -0.820. The van der Waals surface area contributed by atoms with Crippen LogP contribution >= 0.6 is 11.3 Å². The summed E-state index contributed by atoms with van der Waals surface area (Å²) < 4.78 is 0. The standard InChI is InChI=1S/C18H27NOS/c1-3-15-7-9-17(10-8-15)19(2)14-18-16(11-13-21-18)6-4-5-12-20/h11,13,15,17,20H,3,5,7-10,12,14H2,1-2H3. The molecule has 116 valence electrons. The third-order valence-corrected chi connectivity index (χ3v) is 5.52. The summed E-state index contributed by atoms with van der Waals surface area (Å²) in [6, 6.07) is 2.83. The van der Waals surface area contributed by atoms with E-state index < -0.39 is 0 Å². The fourth-order valence-electron chi connectivity index (χ4n) is 3.14. The zero-order valence-electron chi connectivity index (χ0n) is 13.3. The largest absolute Gasteiger partial charge is 0.395 e. The molecule has 1 saturated carbocycles. The molecule has 0 amide bonds. The zero-order valence-corrected chi connectivity index (χ0v) is 14.1. The quantitative estimate of drug-likeness (QED) is 0.835. The molecule has 0 radical (unpaired) electrons. The van der Waals surface area contributed by atoms with E-state index in [4.69, 9.17) is 5.11 Å². The van der Waals surface area contributed by atoms with Crippen LogP contribution in [0.15, 0.2) is 11.4 Å². The Balaban J connectivity index is 1.90. The summed E-state index contributed by atoms with van der Waals surface area (Å²) in [5.41, 5.74) is 1.14. The predicted octanol–water partition coefficient (Wildman–Crippen LogP) is 3.88. The van der Waals surface area contributed by atoms with Crippen molar-refractivity contribution in [1.29, 1.82) is 0 Å². The van der Waals surface area contributed by atoms with Crippen LogP contribution in [-0.2, 0) is 6.54 Å². The lowest BCUT2D eigenvalue weighted by Gasteiger charge is -2.34. The summed E-state index contributed by atoms with van der Waals surface area (Å²) in [5, 5.41) is 10.9. The second-order valence-corrected chi connectivity index (χ2v) is 7.03. The molecule has 1 fully saturated rings. The number of hydrogen-bond acceptors (Lipinski definition) is 3. The third kappa shape index (κ3) is 4.85. The van der Waals surface area contributed by atoms with E-state index in [2.05, 4.69) is 42.2 Å². The molecule has 3 heteroatoms. The first-order valence-corrected chi connectivity index (χ1v) is 8.98. The maximum atomic E-state index is 8.81. The first-order valence-electron chi connectivity index (χ1n) is 8.11. The van der Waals surface area contributed by atoms with E-state index in [1.54, 1.807) is 11.3 Å². The van der Waals surface area contributed by atoms with Crippen molar-refractivity contribution in [3.8, 4) is 11.8 Å². The van der Waals surface area contributed by atoms with Crippen LogP contribution in [0.2, 0.25) is 0 Å². The van der Waals surface area contributed by atoms with Crippen molar-refractivity contribution in [3.05, 3.63) is 21.9 Å². The van der Waals surface area contributed by atoms with Crippen LogP contribution in [-0.4, -0.2) is 29.7 Å². The van der Waals surface area contributed by atoms with Crippen LogP contribution in [0.4, 0.5) is 0 Å². The number of rotatable bonds is 5. The molecule has 2 rings (SSSR count). The SMILES string of the molecule is CCC1CCC(N(C)Cc2sccc2C#CCCO)CC1. The van der Waals surface area contributed by atoms with Gasteiger partial charge in [-0.05, 0) is 50.1 Å². The molecule has 0 saturated heterocycles. The van der Waals surface area contributed by atoms with Crippen molar-refractivity contribution in [2.75, 3.05) is 13.7 Å². The molecule has 0 unspecified atom stereocenters. The van der Waals surface area contributed by atoms with Crippen LogP contribution in [0.25, 0.3) is 0 Å². The summed E-state index contributed by atoms with van der Waals surface area (Å²) in [6.07, 6.45) is 7.36. The Labute approximate surface area is 133 Å². The van der Waals surface area contributed by atoms with Gasteiger partial charge in [-0.2, -0.15) is 0 Å². The minimum absolute atomic E-state index is 0.146. The highest BCUT2D eigenvalue weighted by molar-refractivity contribution is 7.10. The smallest absolute Gasteiger partial charge is 0.0540 e. The van der Waals surface area contributed by atoms with Gasteiger partial charge in [-0.3, -0.25) is 4.90 Å². The number of aliphatic hydroxyl groups is 1. The van der Waals surface area contributed by atoms with Gasteiger partial charge < -0.3 is 5.11 Å². The summed E-state index contributed by atoms with van der Waals surface area (Å²) >= 11 is 1.80. The van der Waals surface area contributed by atoms with Gasteiger partial charge in [-0.25, -0.2) is 0 Å². The van der Waals surface area contributed by atoms with Crippen molar-refractivity contribution in [2.45, 2.75) is 58.0 Å². The average Bonchev–Trinajstić information content (AvgIpc) is 2.95. The Kier molecular flexibility index (Phi) is 6.76. The van der Waals surface area contributed by atoms with E-state index in [0.717, 1.165) is 24.1 Å². The van der Waals surface area contributed by atoms with E-state index in [1.165, 1.54) is 37.0 Å². The molecule has 1 aromatic heterocycles. The first kappa shape index (κ1) is 16.5. The lowest BCUT2D eigenvalue weighted by Crippen LogP contribution is -2.34. The molecule has 21 heavy (non-hydrogen) atoms. The molecule has 1 N–H and O–H groups in total. The van der Waals surface area contributed by atoms with Gasteiger partial charge in [0, 0.05) is 29.4 Å². The van der Waals surface area contributed by atoms with Crippen LogP contribution in [0, 0.1) is 17.8 Å². The van der Waals surface area contributed by atoms with Gasteiger partial charge in [0.25, 0.3) is 0 Å². The molecule has 2 nitrogen and oxygen atoms in total. The fourth-order valence-corrected chi connectivity index (χ4v) is 4.03. The van der Waals surface area contributed by atoms with Gasteiger partial charge in [-0.1, -0.05) is 25.2 Å². The van der Waals surface area contributed by atoms with Crippen LogP contribution in [0.5, 0.6) is 0 Å². The van der Waals surface area contributed by atoms with Gasteiger partial charge in [0.15, 0.2) is 0 Å². The molecular formula is C18H27NOS. The fraction of sp³-hybridized carbons (Fsp3) is 0.667. The highest BCUT2D eigenvalue weighted by Crippen LogP contribution is 2.30. The van der Waals surface area contributed by atoms with Gasteiger partial charge in [-0.15, -0.1) is 11.3 Å². The van der Waals surface area contributed by atoms with Gasteiger partial charge in [0.1, 0.15) is 0 Å². The van der Waals surface area contributed by atoms with Crippen molar-refractivity contribution < 1.29 is 5.11 Å². The minimum Gasteiger partial charge on any atom is -0.395 e. The Morgan fingerprint density at radius 1 is 1.33 bits per heavy atom. The molecule has 0 bridgehead atoms. The molecule has 1 aromatic rings. The Morgan fingerprint density at radius 2 is 2.10 bits per heavy atom.